The maximum atomic E-state index is 3.61. The number of hydrogen-bond donors (Lipinski definition) is 1. The topological polar surface area (TPSA) is 12.0 Å². The molecule has 0 saturated carbocycles. The summed E-state index contributed by atoms with van der Waals surface area (Å²) in [6.45, 7) is 7.54. The first kappa shape index (κ1) is 15.3. The van der Waals surface area contributed by atoms with Crippen LogP contribution in [0, 0.1) is 0 Å². The Morgan fingerprint density at radius 2 is 1.60 bits per heavy atom. The number of rotatable bonds is 5. The van der Waals surface area contributed by atoms with E-state index in [0.29, 0.717) is 12.0 Å². The summed E-state index contributed by atoms with van der Waals surface area (Å²) in [5.41, 5.74) is 4.02. The van der Waals surface area contributed by atoms with Crippen LogP contribution in [0.5, 0.6) is 0 Å². The van der Waals surface area contributed by atoms with Crippen LogP contribution in [0.25, 0.3) is 0 Å². The van der Waals surface area contributed by atoms with Gasteiger partial charge in [-0.05, 0) is 35.6 Å². The average Bonchev–Trinajstić information content (AvgIpc) is 2.45. The first-order chi connectivity index (χ1) is 9.58. The summed E-state index contributed by atoms with van der Waals surface area (Å²) in [4.78, 5) is 0. The molecule has 2 aromatic carbocycles. The summed E-state index contributed by atoms with van der Waals surface area (Å²) < 4.78 is 1.16. The first-order valence-electron chi connectivity index (χ1n) is 7.14. The normalized spacial score (nSPS) is 12.7. The van der Waals surface area contributed by atoms with Crippen molar-refractivity contribution < 1.29 is 0 Å². The zero-order valence-corrected chi connectivity index (χ0v) is 13.9. The third-order valence-electron chi connectivity index (χ3n) is 3.63. The molecule has 0 saturated heterocycles. The Bertz CT molecular complexity index is 546. The SMILES string of the molecule is CC(C)c1ccc(CNC(C)c2ccccc2Br)cc1. The van der Waals surface area contributed by atoms with Gasteiger partial charge in [0.2, 0.25) is 0 Å². The molecule has 1 atom stereocenters. The van der Waals surface area contributed by atoms with E-state index in [4.69, 9.17) is 0 Å². The molecule has 1 unspecified atom stereocenters. The molecule has 0 fully saturated rings. The van der Waals surface area contributed by atoms with E-state index < -0.39 is 0 Å². The fraction of sp³-hybridized carbons (Fsp3) is 0.333. The Hall–Kier alpha value is -1.12. The first-order valence-corrected chi connectivity index (χ1v) is 7.94. The lowest BCUT2D eigenvalue weighted by atomic mass is 10.0. The van der Waals surface area contributed by atoms with Gasteiger partial charge < -0.3 is 5.32 Å². The van der Waals surface area contributed by atoms with Crippen molar-refractivity contribution in [2.75, 3.05) is 0 Å². The third-order valence-corrected chi connectivity index (χ3v) is 4.35. The number of nitrogens with one attached hydrogen (secondary N) is 1. The highest BCUT2D eigenvalue weighted by Crippen LogP contribution is 2.23. The van der Waals surface area contributed by atoms with Gasteiger partial charge in [-0.25, -0.2) is 0 Å². The van der Waals surface area contributed by atoms with Gasteiger partial charge in [0.1, 0.15) is 0 Å². The molecule has 0 bridgehead atoms. The van der Waals surface area contributed by atoms with E-state index in [1.54, 1.807) is 0 Å². The molecule has 0 amide bonds. The standard InChI is InChI=1S/C18H22BrN/c1-13(2)16-10-8-15(9-11-16)12-20-14(3)17-6-4-5-7-18(17)19/h4-11,13-14,20H,12H2,1-3H3. The van der Waals surface area contributed by atoms with Crippen LogP contribution in [0.4, 0.5) is 0 Å². The minimum Gasteiger partial charge on any atom is -0.306 e. The van der Waals surface area contributed by atoms with E-state index in [-0.39, 0.29) is 0 Å². The Kier molecular flexibility index (Phi) is 5.38. The molecule has 0 aromatic heterocycles. The molecule has 1 nitrogen and oxygen atoms in total. The van der Waals surface area contributed by atoms with Gasteiger partial charge in [0, 0.05) is 17.1 Å². The van der Waals surface area contributed by atoms with Gasteiger partial charge in [-0.1, -0.05) is 72.2 Å². The highest BCUT2D eigenvalue weighted by Gasteiger charge is 2.08. The van der Waals surface area contributed by atoms with Gasteiger partial charge in [-0.2, -0.15) is 0 Å². The molecule has 2 rings (SSSR count). The maximum absolute atomic E-state index is 3.61. The molecule has 20 heavy (non-hydrogen) atoms. The number of benzene rings is 2. The molecular weight excluding hydrogens is 310 g/mol. The largest absolute Gasteiger partial charge is 0.306 e. The van der Waals surface area contributed by atoms with E-state index in [1.165, 1.54) is 16.7 Å². The zero-order valence-electron chi connectivity index (χ0n) is 12.4. The van der Waals surface area contributed by atoms with Crippen molar-refractivity contribution in [3.05, 3.63) is 69.7 Å². The second kappa shape index (κ2) is 7.05. The lowest BCUT2D eigenvalue weighted by Gasteiger charge is -2.16. The lowest BCUT2D eigenvalue weighted by Crippen LogP contribution is -2.18. The van der Waals surface area contributed by atoms with Crippen molar-refractivity contribution in [2.24, 2.45) is 0 Å². The second-order valence-electron chi connectivity index (χ2n) is 5.52. The molecule has 2 aromatic rings. The predicted molar refractivity (Wildman–Crippen MR) is 89.9 cm³/mol. The molecular formula is C18H22BrN. The number of hydrogen-bond acceptors (Lipinski definition) is 1. The van der Waals surface area contributed by atoms with E-state index in [0.717, 1.165) is 11.0 Å². The smallest absolute Gasteiger partial charge is 0.0306 e. The van der Waals surface area contributed by atoms with Gasteiger partial charge >= 0.3 is 0 Å². The molecule has 0 aliphatic rings. The van der Waals surface area contributed by atoms with E-state index >= 15 is 0 Å². The molecule has 106 valence electrons. The Labute approximate surface area is 130 Å². The van der Waals surface area contributed by atoms with Crippen LogP contribution in [0.3, 0.4) is 0 Å². The summed E-state index contributed by atoms with van der Waals surface area (Å²) in [5, 5.41) is 3.57. The molecule has 0 aliphatic carbocycles. The minimum absolute atomic E-state index is 0.329. The van der Waals surface area contributed by atoms with Crippen LogP contribution in [0.1, 0.15) is 49.4 Å². The molecule has 0 aliphatic heterocycles. The van der Waals surface area contributed by atoms with Crippen molar-refractivity contribution in [3.8, 4) is 0 Å². The van der Waals surface area contributed by atoms with Crippen LogP contribution < -0.4 is 5.32 Å². The quantitative estimate of drug-likeness (QED) is 0.770. The van der Waals surface area contributed by atoms with Crippen molar-refractivity contribution >= 4 is 15.9 Å². The fourth-order valence-corrected chi connectivity index (χ4v) is 2.86. The minimum atomic E-state index is 0.329. The monoisotopic (exact) mass is 331 g/mol. The van der Waals surface area contributed by atoms with Gasteiger partial charge in [0.25, 0.3) is 0 Å². The summed E-state index contributed by atoms with van der Waals surface area (Å²) in [6, 6.07) is 17.6. The van der Waals surface area contributed by atoms with Crippen molar-refractivity contribution in [3.63, 3.8) is 0 Å². The summed E-state index contributed by atoms with van der Waals surface area (Å²) >= 11 is 3.61. The van der Waals surface area contributed by atoms with Crippen LogP contribution >= 0.6 is 15.9 Å². The zero-order chi connectivity index (χ0) is 14.5. The highest BCUT2D eigenvalue weighted by atomic mass is 79.9. The van der Waals surface area contributed by atoms with Crippen molar-refractivity contribution in [2.45, 2.75) is 39.3 Å². The van der Waals surface area contributed by atoms with Crippen molar-refractivity contribution in [1.82, 2.24) is 5.32 Å². The van der Waals surface area contributed by atoms with Crippen LogP contribution in [-0.4, -0.2) is 0 Å². The third kappa shape index (κ3) is 3.94. The Morgan fingerprint density at radius 1 is 0.950 bits per heavy atom. The summed E-state index contributed by atoms with van der Waals surface area (Å²) in [6.07, 6.45) is 0. The Morgan fingerprint density at radius 3 is 2.20 bits per heavy atom. The molecule has 0 spiro atoms. The van der Waals surface area contributed by atoms with Crippen LogP contribution in [0.2, 0.25) is 0 Å². The van der Waals surface area contributed by atoms with Gasteiger partial charge in [0.05, 0.1) is 0 Å². The van der Waals surface area contributed by atoms with Crippen LogP contribution in [-0.2, 0) is 6.54 Å². The highest BCUT2D eigenvalue weighted by molar-refractivity contribution is 9.10. The van der Waals surface area contributed by atoms with E-state index in [9.17, 15) is 0 Å². The van der Waals surface area contributed by atoms with Gasteiger partial charge in [-0.3, -0.25) is 0 Å². The fourth-order valence-electron chi connectivity index (χ4n) is 2.23. The van der Waals surface area contributed by atoms with E-state index in [2.05, 4.69) is 84.5 Å². The molecule has 0 heterocycles. The van der Waals surface area contributed by atoms with Crippen molar-refractivity contribution in [1.29, 1.82) is 0 Å². The maximum Gasteiger partial charge on any atom is 0.0306 e. The number of halogens is 1. The predicted octanol–water partition coefficient (Wildman–Crippen LogP) is 5.42. The van der Waals surface area contributed by atoms with Gasteiger partial charge in [-0.15, -0.1) is 0 Å². The lowest BCUT2D eigenvalue weighted by molar-refractivity contribution is 0.572. The Balaban J connectivity index is 1.96. The molecule has 1 N–H and O–H groups in total. The average molecular weight is 332 g/mol. The summed E-state index contributed by atoms with van der Waals surface area (Å²) in [5.74, 6) is 0.594. The molecule has 2 heteroatoms. The van der Waals surface area contributed by atoms with Gasteiger partial charge in [0.15, 0.2) is 0 Å². The molecule has 0 radical (unpaired) electrons. The van der Waals surface area contributed by atoms with E-state index in [1.807, 2.05) is 6.07 Å². The second-order valence-corrected chi connectivity index (χ2v) is 6.37. The summed E-state index contributed by atoms with van der Waals surface area (Å²) in [7, 11) is 0. The van der Waals surface area contributed by atoms with Crippen LogP contribution in [0.15, 0.2) is 53.0 Å².